The van der Waals surface area contributed by atoms with E-state index < -0.39 is 0 Å². The zero-order valence-corrected chi connectivity index (χ0v) is 13.4. The third-order valence-corrected chi connectivity index (χ3v) is 3.98. The topological polar surface area (TPSA) is 29.3 Å². The van der Waals surface area contributed by atoms with Gasteiger partial charge in [0.15, 0.2) is 0 Å². The second kappa shape index (κ2) is 8.54. The van der Waals surface area contributed by atoms with Gasteiger partial charge in [0.1, 0.15) is 0 Å². The van der Waals surface area contributed by atoms with E-state index >= 15 is 0 Å². The minimum absolute atomic E-state index is 0.264. The summed E-state index contributed by atoms with van der Waals surface area (Å²) in [5.41, 5.74) is 1.22. The highest BCUT2D eigenvalue weighted by Crippen LogP contribution is 2.22. The molecule has 0 aliphatic carbocycles. The summed E-state index contributed by atoms with van der Waals surface area (Å²) in [6, 6.07) is 10.3. The lowest BCUT2D eigenvalue weighted by Gasteiger charge is -2.18. The monoisotopic (exact) mass is 299 g/mol. The lowest BCUT2D eigenvalue weighted by Crippen LogP contribution is -2.09. The van der Waals surface area contributed by atoms with Crippen molar-refractivity contribution in [3.05, 3.63) is 54.1 Å². The highest BCUT2D eigenvalue weighted by molar-refractivity contribution is 5.81. The van der Waals surface area contributed by atoms with Crippen LogP contribution in [0, 0.1) is 11.8 Å². The highest BCUT2D eigenvalue weighted by Gasteiger charge is 2.21. The molecule has 0 N–H and O–H groups in total. The Morgan fingerprint density at radius 1 is 1.32 bits per heavy atom. The molecule has 1 saturated heterocycles. The average molecular weight is 299 g/mol. The average Bonchev–Trinajstić information content (AvgIpc) is 3.34. The molecule has 0 unspecified atom stereocenters. The molecule has 1 fully saturated rings. The van der Waals surface area contributed by atoms with Crippen LogP contribution in [0.4, 0.5) is 0 Å². The van der Waals surface area contributed by atoms with E-state index in [0.717, 1.165) is 25.9 Å². The zero-order chi connectivity index (χ0) is 15.8. The summed E-state index contributed by atoms with van der Waals surface area (Å²) in [5, 5.41) is 1.65. The van der Waals surface area contributed by atoms with Crippen molar-refractivity contribution in [2.75, 3.05) is 13.1 Å². The molecule has 118 valence electrons. The molecule has 1 aromatic rings. The van der Waals surface area contributed by atoms with Crippen molar-refractivity contribution in [3.8, 4) is 0 Å². The number of rotatable bonds is 8. The van der Waals surface area contributed by atoms with Gasteiger partial charge in [-0.1, -0.05) is 68.8 Å². The van der Waals surface area contributed by atoms with Crippen molar-refractivity contribution >= 4 is 12.0 Å². The summed E-state index contributed by atoms with van der Waals surface area (Å²) >= 11 is 0. The van der Waals surface area contributed by atoms with Crippen LogP contribution in [0.1, 0.15) is 32.3 Å². The van der Waals surface area contributed by atoms with Gasteiger partial charge in [0.2, 0.25) is 0 Å². The lowest BCUT2D eigenvalue weighted by molar-refractivity contribution is -0.159. The Hall–Kier alpha value is -1.87. The molecule has 0 radical (unpaired) electrons. The molecule has 1 aromatic carbocycles. The third-order valence-electron chi connectivity index (χ3n) is 3.98. The van der Waals surface area contributed by atoms with Crippen LogP contribution in [-0.4, -0.2) is 24.1 Å². The largest absolute Gasteiger partial charge is 0.364 e. The van der Waals surface area contributed by atoms with Crippen molar-refractivity contribution in [1.29, 1.82) is 0 Å². The minimum Gasteiger partial charge on any atom is -0.364 e. The van der Waals surface area contributed by atoms with Crippen molar-refractivity contribution in [2.24, 2.45) is 11.8 Å². The van der Waals surface area contributed by atoms with Gasteiger partial charge in [-0.05, 0) is 23.8 Å². The fraction of sp³-hybridized carbons (Fsp3) is 0.421. The molecule has 0 spiro atoms. The van der Waals surface area contributed by atoms with E-state index in [2.05, 4.69) is 38.1 Å². The third kappa shape index (κ3) is 5.86. The Bertz CT molecular complexity index is 517. The normalized spacial score (nSPS) is 17.7. The molecule has 0 amide bonds. The number of hydrogen-bond donors (Lipinski definition) is 0. The van der Waals surface area contributed by atoms with Gasteiger partial charge in [-0.3, -0.25) is 0 Å². The molecule has 0 bridgehead atoms. The molecule has 3 heteroatoms. The van der Waals surface area contributed by atoms with E-state index in [1.165, 1.54) is 5.56 Å². The Kier molecular flexibility index (Phi) is 6.41. The number of benzene rings is 1. The van der Waals surface area contributed by atoms with Crippen molar-refractivity contribution < 1.29 is 9.63 Å². The van der Waals surface area contributed by atoms with Crippen LogP contribution in [0.3, 0.4) is 0 Å². The van der Waals surface area contributed by atoms with Crippen LogP contribution < -0.4 is 0 Å². The number of nitrogens with zero attached hydrogens (tertiary/aromatic N) is 1. The van der Waals surface area contributed by atoms with E-state index in [9.17, 15) is 4.79 Å². The highest BCUT2D eigenvalue weighted by atomic mass is 16.7. The van der Waals surface area contributed by atoms with E-state index in [0.29, 0.717) is 11.8 Å². The molecular weight excluding hydrogens is 274 g/mol. The first-order valence-electron chi connectivity index (χ1n) is 8.05. The lowest BCUT2D eigenvalue weighted by atomic mass is 9.88. The van der Waals surface area contributed by atoms with Gasteiger partial charge < -0.3 is 4.84 Å². The number of allylic oxidation sites excluding steroid dienone is 2. The van der Waals surface area contributed by atoms with Crippen LogP contribution >= 0.6 is 0 Å². The molecular formula is C19H25NO2. The molecule has 0 saturated carbocycles. The fourth-order valence-corrected chi connectivity index (χ4v) is 2.37. The van der Waals surface area contributed by atoms with Gasteiger partial charge in [-0.2, -0.15) is 0 Å². The van der Waals surface area contributed by atoms with Gasteiger partial charge in [0, 0.05) is 6.08 Å². The summed E-state index contributed by atoms with van der Waals surface area (Å²) in [6.07, 6.45) is 9.90. The second-order valence-electron chi connectivity index (χ2n) is 5.77. The molecule has 2 atom stereocenters. The van der Waals surface area contributed by atoms with Crippen molar-refractivity contribution in [2.45, 2.75) is 26.7 Å². The van der Waals surface area contributed by atoms with E-state index in [4.69, 9.17) is 4.84 Å². The fourth-order valence-electron chi connectivity index (χ4n) is 2.37. The summed E-state index contributed by atoms with van der Waals surface area (Å²) < 4.78 is 0. The van der Waals surface area contributed by atoms with Gasteiger partial charge in [0.25, 0.3) is 0 Å². The Morgan fingerprint density at radius 3 is 2.68 bits per heavy atom. The molecule has 1 aliphatic heterocycles. The number of carbonyl (C=O) groups excluding carboxylic acids is 1. The molecule has 1 aliphatic rings. The molecule has 1 heterocycles. The maximum absolute atomic E-state index is 11.5. The van der Waals surface area contributed by atoms with Crippen LogP contribution in [0.2, 0.25) is 0 Å². The van der Waals surface area contributed by atoms with Gasteiger partial charge in [-0.25, -0.2) is 4.79 Å². The Morgan fingerprint density at radius 2 is 2.05 bits per heavy atom. The number of hydrogen-bond acceptors (Lipinski definition) is 3. The number of carbonyl (C=O) groups is 1. The molecule has 2 rings (SSSR count). The predicted molar refractivity (Wildman–Crippen MR) is 89.8 cm³/mol. The summed E-state index contributed by atoms with van der Waals surface area (Å²) in [7, 11) is 0. The molecule has 22 heavy (non-hydrogen) atoms. The Labute approximate surface area is 133 Å². The second-order valence-corrected chi connectivity index (χ2v) is 5.77. The van der Waals surface area contributed by atoms with Crippen LogP contribution in [-0.2, 0) is 9.63 Å². The first kappa shape index (κ1) is 16.5. The zero-order valence-electron chi connectivity index (χ0n) is 13.4. The smallest absolute Gasteiger partial charge is 0.349 e. The maximum Gasteiger partial charge on any atom is 0.349 e. The quantitative estimate of drug-likeness (QED) is 0.535. The summed E-state index contributed by atoms with van der Waals surface area (Å²) in [5.74, 6) is 0.739. The summed E-state index contributed by atoms with van der Waals surface area (Å²) in [4.78, 5) is 16.5. The summed E-state index contributed by atoms with van der Waals surface area (Å²) in [6.45, 7) is 6.15. The number of hydroxylamine groups is 2. The van der Waals surface area contributed by atoms with E-state index in [-0.39, 0.29) is 5.97 Å². The molecule has 0 aromatic heterocycles. The van der Waals surface area contributed by atoms with Gasteiger partial charge in [0.05, 0.1) is 13.1 Å². The van der Waals surface area contributed by atoms with Crippen molar-refractivity contribution in [3.63, 3.8) is 0 Å². The first-order valence-corrected chi connectivity index (χ1v) is 8.05. The SMILES string of the molecule is CC[C@@H](C/C=C/C(=O)ON1CC1)[C@H](C)/C=C/c1ccccc1. The standard InChI is InChI=1S/C19H25NO2/c1-3-18(10-7-11-19(21)22-20-14-15-20)16(2)12-13-17-8-5-4-6-9-17/h4-9,11-13,16,18H,3,10,14-15H2,1-2H3/b11-7+,13-12+/t16-,18+/m1/s1. The first-order chi connectivity index (χ1) is 10.7. The van der Waals surface area contributed by atoms with Crippen LogP contribution in [0.5, 0.6) is 0 Å². The van der Waals surface area contributed by atoms with E-state index in [1.54, 1.807) is 11.1 Å². The van der Waals surface area contributed by atoms with Crippen LogP contribution in [0.15, 0.2) is 48.6 Å². The van der Waals surface area contributed by atoms with Crippen molar-refractivity contribution in [1.82, 2.24) is 5.06 Å². The van der Waals surface area contributed by atoms with E-state index in [1.807, 2.05) is 24.3 Å². The minimum atomic E-state index is -0.264. The maximum atomic E-state index is 11.5. The van der Waals surface area contributed by atoms with Gasteiger partial charge >= 0.3 is 5.97 Å². The van der Waals surface area contributed by atoms with Crippen LogP contribution in [0.25, 0.3) is 6.08 Å². The Balaban J connectivity index is 1.80. The predicted octanol–water partition coefficient (Wildman–Crippen LogP) is 4.08. The van der Waals surface area contributed by atoms with Gasteiger partial charge in [-0.15, -0.1) is 5.06 Å². The molecule has 3 nitrogen and oxygen atoms in total.